The molecule has 1 aromatic carbocycles. The van der Waals surface area contributed by atoms with E-state index in [1.807, 2.05) is 41.1 Å². The highest BCUT2D eigenvalue weighted by Crippen LogP contribution is 2.32. The molecular formula is C20H22BrN5O2. The smallest absolute Gasteiger partial charge is 0.231 e. The number of pyridine rings is 1. The largest absolute Gasteiger partial charge is 0.454 e. The summed E-state index contributed by atoms with van der Waals surface area (Å²) < 4.78 is 13.8. The maximum Gasteiger partial charge on any atom is 0.231 e. The fourth-order valence-corrected chi connectivity index (χ4v) is 3.37. The third-order valence-electron chi connectivity index (χ3n) is 4.35. The van der Waals surface area contributed by atoms with Gasteiger partial charge in [0, 0.05) is 30.0 Å². The van der Waals surface area contributed by atoms with E-state index in [4.69, 9.17) is 9.47 Å². The Hall–Kier alpha value is -2.74. The van der Waals surface area contributed by atoms with Crippen molar-refractivity contribution in [1.29, 1.82) is 0 Å². The zero-order valence-corrected chi connectivity index (χ0v) is 17.2. The number of halogens is 1. The summed E-state index contributed by atoms with van der Waals surface area (Å²) in [5.74, 6) is 2.41. The molecule has 8 heteroatoms. The number of fused-ring (bicyclic) bond motifs is 2. The number of nitrogens with zero attached hydrogens (tertiary/aromatic N) is 3. The van der Waals surface area contributed by atoms with E-state index in [0.717, 1.165) is 52.8 Å². The number of benzene rings is 1. The molecule has 146 valence electrons. The van der Waals surface area contributed by atoms with E-state index in [1.54, 1.807) is 0 Å². The summed E-state index contributed by atoms with van der Waals surface area (Å²) in [6, 6.07) is 10.0. The molecule has 1 aliphatic rings. The Morgan fingerprint density at radius 1 is 1.18 bits per heavy atom. The lowest BCUT2D eigenvalue weighted by Gasteiger charge is -2.11. The summed E-state index contributed by atoms with van der Waals surface area (Å²) in [5.41, 5.74) is 3.03. The van der Waals surface area contributed by atoms with E-state index in [-0.39, 0.29) is 0 Å². The summed E-state index contributed by atoms with van der Waals surface area (Å²) >= 11 is 3.48. The maximum atomic E-state index is 5.43. The third kappa shape index (κ3) is 4.39. The highest BCUT2D eigenvalue weighted by atomic mass is 79.9. The minimum atomic E-state index is 0.300. The molecule has 4 rings (SSSR count). The van der Waals surface area contributed by atoms with Gasteiger partial charge >= 0.3 is 0 Å². The van der Waals surface area contributed by atoms with Crippen LogP contribution in [-0.4, -0.2) is 35.2 Å². The molecule has 0 saturated carbocycles. The van der Waals surface area contributed by atoms with Crippen molar-refractivity contribution in [3.8, 4) is 11.5 Å². The van der Waals surface area contributed by atoms with Gasteiger partial charge in [-0.3, -0.25) is 0 Å². The van der Waals surface area contributed by atoms with Gasteiger partial charge in [0.1, 0.15) is 5.65 Å². The fraction of sp³-hybridized carbons (Fsp3) is 0.300. The van der Waals surface area contributed by atoms with Gasteiger partial charge in [-0.15, -0.1) is 0 Å². The molecule has 0 radical (unpaired) electrons. The summed E-state index contributed by atoms with van der Waals surface area (Å²) in [5, 5.41) is 6.65. The summed E-state index contributed by atoms with van der Waals surface area (Å²) in [7, 11) is 0. The Kier molecular flexibility index (Phi) is 5.66. The van der Waals surface area contributed by atoms with Crippen molar-refractivity contribution in [3.63, 3.8) is 0 Å². The van der Waals surface area contributed by atoms with Crippen molar-refractivity contribution in [3.05, 3.63) is 58.5 Å². The maximum absolute atomic E-state index is 5.43. The highest BCUT2D eigenvalue weighted by molar-refractivity contribution is 9.10. The highest BCUT2D eigenvalue weighted by Gasteiger charge is 2.13. The molecule has 2 N–H and O–H groups in total. The second-order valence-electron chi connectivity index (χ2n) is 6.40. The lowest BCUT2D eigenvalue weighted by atomic mass is 10.1. The second-order valence-corrected chi connectivity index (χ2v) is 7.32. The van der Waals surface area contributed by atoms with E-state index >= 15 is 0 Å². The average molecular weight is 444 g/mol. The molecule has 2 aromatic heterocycles. The number of ether oxygens (including phenoxy) is 2. The van der Waals surface area contributed by atoms with Gasteiger partial charge in [-0.1, -0.05) is 6.07 Å². The van der Waals surface area contributed by atoms with E-state index in [9.17, 15) is 0 Å². The Morgan fingerprint density at radius 2 is 2.07 bits per heavy atom. The molecule has 0 bridgehead atoms. The van der Waals surface area contributed by atoms with Crippen molar-refractivity contribution in [2.45, 2.75) is 19.9 Å². The van der Waals surface area contributed by atoms with Crippen molar-refractivity contribution >= 4 is 27.5 Å². The first-order chi connectivity index (χ1) is 13.7. The van der Waals surface area contributed by atoms with Crippen LogP contribution in [0.1, 0.15) is 18.2 Å². The van der Waals surface area contributed by atoms with Gasteiger partial charge < -0.3 is 24.5 Å². The van der Waals surface area contributed by atoms with Crippen LogP contribution in [0.25, 0.3) is 5.65 Å². The van der Waals surface area contributed by atoms with E-state index in [1.165, 1.54) is 5.56 Å². The van der Waals surface area contributed by atoms with E-state index in [0.29, 0.717) is 13.3 Å². The molecular weight excluding hydrogens is 422 g/mol. The monoisotopic (exact) mass is 443 g/mol. The minimum absolute atomic E-state index is 0.300. The van der Waals surface area contributed by atoms with Crippen LogP contribution in [0.4, 0.5) is 0 Å². The zero-order chi connectivity index (χ0) is 19.3. The van der Waals surface area contributed by atoms with Crippen LogP contribution in [0.15, 0.2) is 52.2 Å². The van der Waals surface area contributed by atoms with E-state index in [2.05, 4.69) is 49.5 Å². The fourth-order valence-electron chi connectivity index (χ4n) is 3.02. The number of guanidine groups is 1. The zero-order valence-electron chi connectivity index (χ0n) is 15.6. The van der Waals surface area contributed by atoms with Gasteiger partial charge in [0.2, 0.25) is 6.79 Å². The first kappa shape index (κ1) is 18.6. The number of hydrogen-bond acceptors (Lipinski definition) is 4. The first-order valence-electron chi connectivity index (χ1n) is 9.25. The molecule has 0 unspecified atom stereocenters. The Balaban J connectivity index is 1.36. The van der Waals surface area contributed by atoms with Gasteiger partial charge in [-0.25, -0.2) is 9.98 Å². The SMILES string of the molecule is CCNC(=NCc1cn2cc(Br)ccc2n1)NCCc1ccc2c(c1)OCO2. The Labute approximate surface area is 171 Å². The molecule has 0 atom stereocenters. The van der Waals surface area contributed by atoms with Crippen molar-refractivity contribution in [1.82, 2.24) is 20.0 Å². The molecule has 28 heavy (non-hydrogen) atoms. The van der Waals surface area contributed by atoms with E-state index < -0.39 is 0 Å². The topological polar surface area (TPSA) is 72.2 Å². The molecule has 7 nitrogen and oxygen atoms in total. The first-order valence-corrected chi connectivity index (χ1v) is 10.0. The van der Waals surface area contributed by atoms with Gasteiger partial charge in [0.05, 0.1) is 12.2 Å². The van der Waals surface area contributed by atoms with Crippen LogP contribution in [0.3, 0.4) is 0 Å². The van der Waals surface area contributed by atoms with Crippen LogP contribution in [0, 0.1) is 0 Å². The van der Waals surface area contributed by atoms with Crippen LogP contribution in [0.2, 0.25) is 0 Å². The number of hydrogen-bond donors (Lipinski definition) is 2. The predicted octanol–water partition coefficient (Wildman–Crippen LogP) is 3.12. The Bertz CT molecular complexity index is 1000. The Morgan fingerprint density at radius 3 is 2.96 bits per heavy atom. The molecule has 1 aliphatic heterocycles. The molecule has 0 saturated heterocycles. The van der Waals surface area contributed by atoms with Crippen LogP contribution in [0.5, 0.6) is 11.5 Å². The standard InChI is InChI=1S/C20H22BrN5O2/c1-2-22-20(23-8-7-14-3-5-17-18(9-14)28-13-27-17)24-10-16-12-26-11-15(21)4-6-19(26)25-16/h3-6,9,11-12H,2,7-8,10,13H2,1H3,(H2,22,23,24). The molecule has 0 fully saturated rings. The predicted molar refractivity (Wildman–Crippen MR) is 112 cm³/mol. The van der Waals surface area contributed by atoms with Crippen molar-refractivity contribution in [2.24, 2.45) is 4.99 Å². The molecule has 3 aromatic rings. The summed E-state index contributed by atoms with van der Waals surface area (Å²) in [6.45, 7) is 4.43. The lowest BCUT2D eigenvalue weighted by molar-refractivity contribution is 0.174. The third-order valence-corrected chi connectivity index (χ3v) is 4.82. The number of aliphatic imine (C=N–C) groups is 1. The van der Waals surface area contributed by atoms with Gasteiger partial charge in [0.25, 0.3) is 0 Å². The van der Waals surface area contributed by atoms with Crippen LogP contribution >= 0.6 is 15.9 Å². The molecule has 3 heterocycles. The molecule has 0 spiro atoms. The second kappa shape index (κ2) is 8.52. The van der Waals surface area contributed by atoms with Crippen LogP contribution < -0.4 is 20.1 Å². The number of rotatable bonds is 6. The van der Waals surface area contributed by atoms with Crippen molar-refractivity contribution < 1.29 is 9.47 Å². The number of nitrogens with one attached hydrogen (secondary N) is 2. The molecule has 0 amide bonds. The summed E-state index contributed by atoms with van der Waals surface area (Å²) in [4.78, 5) is 9.25. The van der Waals surface area contributed by atoms with Gasteiger partial charge in [-0.2, -0.15) is 0 Å². The van der Waals surface area contributed by atoms with Crippen LogP contribution in [-0.2, 0) is 13.0 Å². The quantitative estimate of drug-likeness (QED) is 0.452. The minimum Gasteiger partial charge on any atom is -0.454 e. The average Bonchev–Trinajstić information content (AvgIpc) is 3.31. The van der Waals surface area contributed by atoms with Gasteiger partial charge in [-0.05, 0) is 59.1 Å². The lowest BCUT2D eigenvalue weighted by Crippen LogP contribution is -2.38. The number of imidazole rings is 1. The number of aromatic nitrogens is 2. The van der Waals surface area contributed by atoms with Crippen molar-refractivity contribution in [2.75, 3.05) is 19.9 Å². The normalized spacial score (nSPS) is 13.1. The molecule has 0 aliphatic carbocycles. The van der Waals surface area contributed by atoms with Gasteiger partial charge in [0.15, 0.2) is 17.5 Å². The summed E-state index contributed by atoms with van der Waals surface area (Å²) in [6.07, 6.45) is 4.85.